The molecular formula is C22H29N7O3. The summed E-state index contributed by atoms with van der Waals surface area (Å²) in [5, 5.41) is 13.8. The number of anilines is 2. The van der Waals surface area contributed by atoms with E-state index in [1.54, 1.807) is 13.3 Å². The van der Waals surface area contributed by atoms with Crippen LogP contribution in [0, 0.1) is 0 Å². The van der Waals surface area contributed by atoms with E-state index in [-0.39, 0.29) is 23.7 Å². The number of methoxy groups -OCH3 is 1. The van der Waals surface area contributed by atoms with Gasteiger partial charge in [0.15, 0.2) is 11.6 Å². The molecule has 5 rings (SSSR count). The van der Waals surface area contributed by atoms with Gasteiger partial charge in [0.2, 0.25) is 0 Å². The fourth-order valence-electron chi connectivity index (χ4n) is 4.36. The van der Waals surface area contributed by atoms with Crippen LogP contribution in [0.2, 0.25) is 0 Å². The molecule has 0 unspecified atom stereocenters. The summed E-state index contributed by atoms with van der Waals surface area (Å²) in [6.07, 6.45) is 6.01. The van der Waals surface area contributed by atoms with E-state index in [1.807, 2.05) is 30.7 Å². The molecule has 3 heterocycles. The molecule has 1 amide bonds. The molecule has 0 saturated heterocycles. The van der Waals surface area contributed by atoms with Gasteiger partial charge in [-0.2, -0.15) is 5.10 Å². The summed E-state index contributed by atoms with van der Waals surface area (Å²) in [6.45, 7) is 2.48. The first-order valence-corrected chi connectivity index (χ1v) is 11.0. The van der Waals surface area contributed by atoms with Crippen LogP contribution in [0.4, 0.5) is 16.4 Å². The normalized spacial score (nSPS) is 21.6. The van der Waals surface area contributed by atoms with Crippen LogP contribution >= 0.6 is 0 Å². The number of rotatable bonds is 7. The fourth-order valence-corrected chi connectivity index (χ4v) is 4.36. The molecule has 2 aliphatic carbocycles. The Morgan fingerprint density at radius 3 is 3.00 bits per heavy atom. The number of ether oxygens (including phenoxy) is 2. The Kier molecular flexibility index (Phi) is 5.24. The highest BCUT2D eigenvalue weighted by molar-refractivity contribution is 5.88. The lowest BCUT2D eigenvalue weighted by Crippen LogP contribution is -2.36. The number of fused-ring (bicyclic) bond motifs is 1. The molecule has 0 bridgehead atoms. The van der Waals surface area contributed by atoms with Gasteiger partial charge < -0.3 is 24.7 Å². The molecule has 2 aliphatic rings. The third kappa shape index (κ3) is 4.14. The lowest BCUT2D eigenvalue weighted by Gasteiger charge is -2.16. The standard InChI is InChI=1S/C22H29N7O3/c1-22(7-8-22)26-21(30)32-14-5-4-13(10-14)16-11-17(28-27-16)25-20-19-15(6-9-23-20)24-18(12-31-3)29(19)2/h6,9,11,13-14H,4-5,7-8,10,12H2,1-3H3,(H,26,30)(H2,23,25,27,28)/t13-,14+/m0/s1. The average molecular weight is 440 g/mol. The summed E-state index contributed by atoms with van der Waals surface area (Å²) in [6, 6.07) is 3.89. The van der Waals surface area contributed by atoms with Crippen molar-refractivity contribution in [1.82, 2.24) is 30.0 Å². The van der Waals surface area contributed by atoms with Crippen LogP contribution in [0.5, 0.6) is 0 Å². The van der Waals surface area contributed by atoms with Crippen LogP contribution in [0.3, 0.4) is 0 Å². The number of H-pyrrole nitrogens is 1. The van der Waals surface area contributed by atoms with Crippen molar-refractivity contribution < 1.29 is 14.3 Å². The predicted octanol–water partition coefficient (Wildman–Crippen LogP) is 3.50. The van der Waals surface area contributed by atoms with E-state index in [9.17, 15) is 4.79 Å². The molecular weight excluding hydrogens is 410 g/mol. The Labute approximate surface area is 186 Å². The number of pyridine rings is 1. The molecule has 2 saturated carbocycles. The summed E-state index contributed by atoms with van der Waals surface area (Å²) < 4.78 is 12.9. The van der Waals surface area contributed by atoms with Crippen LogP contribution in [-0.2, 0) is 23.1 Å². The smallest absolute Gasteiger partial charge is 0.407 e. The molecule has 0 radical (unpaired) electrons. The molecule has 10 nitrogen and oxygen atoms in total. The Hall–Kier alpha value is -3.14. The number of hydrogen-bond donors (Lipinski definition) is 3. The Bertz CT molecular complexity index is 1130. The molecule has 2 fully saturated rings. The minimum atomic E-state index is -0.300. The van der Waals surface area contributed by atoms with Gasteiger partial charge in [-0.1, -0.05) is 0 Å². The fraction of sp³-hybridized carbons (Fsp3) is 0.545. The molecule has 2 atom stereocenters. The predicted molar refractivity (Wildman–Crippen MR) is 119 cm³/mol. The van der Waals surface area contributed by atoms with E-state index in [1.165, 1.54) is 0 Å². The van der Waals surface area contributed by atoms with Crippen LogP contribution < -0.4 is 10.6 Å². The zero-order valence-electron chi connectivity index (χ0n) is 18.6. The first-order chi connectivity index (χ1) is 15.4. The first kappa shape index (κ1) is 20.7. The SMILES string of the molecule is COCc1nc2ccnc(Nc3cc([C@H]4CC[C@@H](OC(=O)NC5(C)CC5)C4)[nH]n3)c2n1C. The minimum absolute atomic E-state index is 0.0614. The van der Waals surface area contributed by atoms with Gasteiger partial charge in [-0.05, 0) is 45.1 Å². The molecule has 0 aliphatic heterocycles. The average Bonchev–Trinajstić information content (AvgIpc) is 3.13. The van der Waals surface area contributed by atoms with Crippen molar-refractivity contribution in [3.05, 3.63) is 29.8 Å². The minimum Gasteiger partial charge on any atom is -0.446 e. The van der Waals surface area contributed by atoms with Crippen molar-refractivity contribution in [1.29, 1.82) is 0 Å². The van der Waals surface area contributed by atoms with Crippen molar-refractivity contribution in [2.75, 3.05) is 12.4 Å². The molecule has 3 N–H and O–H groups in total. The maximum Gasteiger partial charge on any atom is 0.407 e. The number of carbonyl (C=O) groups is 1. The summed E-state index contributed by atoms with van der Waals surface area (Å²) in [5.41, 5.74) is 2.72. The van der Waals surface area contributed by atoms with Gasteiger partial charge in [0.1, 0.15) is 24.1 Å². The van der Waals surface area contributed by atoms with Crippen molar-refractivity contribution >= 4 is 28.8 Å². The van der Waals surface area contributed by atoms with Gasteiger partial charge in [0, 0.05) is 43.6 Å². The number of hydrogen-bond acceptors (Lipinski definition) is 7. The van der Waals surface area contributed by atoms with Crippen LogP contribution in [0.25, 0.3) is 11.0 Å². The van der Waals surface area contributed by atoms with E-state index in [0.29, 0.717) is 18.2 Å². The van der Waals surface area contributed by atoms with E-state index in [4.69, 9.17) is 9.47 Å². The zero-order valence-corrected chi connectivity index (χ0v) is 18.6. The molecule has 10 heteroatoms. The van der Waals surface area contributed by atoms with Gasteiger partial charge in [-0.3, -0.25) is 5.10 Å². The number of amides is 1. The number of aryl methyl sites for hydroxylation is 1. The van der Waals surface area contributed by atoms with Gasteiger partial charge in [-0.15, -0.1) is 0 Å². The number of aromatic amines is 1. The lowest BCUT2D eigenvalue weighted by atomic mass is 10.0. The second-order valence-electron chi connectivity index (χ2n) is 9.10. The molecule has 0 aromatic carbocycles. The number of imidazole rings is 1. The Morgan fingerprint density at radius 2 is 2.22 bits per heavy atom. The van der Waals surface area contributed by atoms with E-state index < -0.39 is 0 Å². The lowest BCUT2D eigenvalue weighted by molar-refractivity contribution is 0.0967. The summed E-state index contributed by atoms with van der Waals surface area (Å²) in [7, 11) is 3.60. The molecule has 170 valence electrons. The quantitative estimate of drug-likeness (QED) is 0.515. The highest BCUT2D eigenvalue weighted by Gasteiger charge is 2.40. The maximum absolute atomic E-state index is 12.1. The highest BCUT2D eigenvalue weighted by Crippen LogP contribution is 2.37. The highest BCUT2D eigenvalue weighted by atomic mass is 16.6. The third-order valence-corrected chi connectivity index (χ3v) is 6.49. The summed E-state index contributed by atoms with van der Waals surface area (Å²) >= 11 is 0. The van der Waals surface area contributed by atoms with Crippen molar-refractivity contribution in [2.24, 2.45) is 7.05 Å². The van der Waals surface area contributed by atoms with Crippen molar-refractivity contribution in [3.63, 3.8) is 0 Å². The monoisotopic (exact) mass is 439 g/mol. The molecule has 32 heavy (non-hydrogen) atoms. The molecule has 3 aromatic heterocycles. The maximum atomic E-state index is 12.1. The second-order valence-corrected chi connectivity index (χ2v) is 9.10. The van der Waals surface area contributed by atoms with E-state index in [2.05, 4.69) is 30.8 Å². The Balaban J connectivity index is 1.24. The van der Waals surface area contributed by atoms with Crippen LogP contribution in [-0.4, -0.2) is 49.6 Å². The van der Waals surface area contributed by atoms with Gasteiger partial charge >= 0.3 is 6.09 Å². The molecule has 0 spiro atoms. The van der Waals surface area contributed by atoms with Gasteiger partial charge in [0.25, 0.3) is 0 Å². The number of nitrogens with zero attached hydrogens (tertiary/aromatic N) is 4. The summed E-state index contributed by atoms with van der Waals surface area (Å²) in [4.78, 5) is 21.2. The van der Waals surface area contributed by atoms with Crippen molar-refractivity contribution in [3.8, 4) is 0 Å². The van der Waals surface area contributed by atoms with Gasteiger partial charge in [0.05, 0.1) is 5.52 Å². The second kappa shape index (κ2) is 8.09. The van der Waals surface area contributed by atoms with Crippen LogP contribution in [0.15, 0.2) is 18.3 Å². The van der Waals surface area contributed by atoms with E-state index >= 15 is 0 Å². The first-order valence-electron chi connectivity index (χ1n) is 11.0. The summed E-state index contributed by atoms with van der Waals surface area (Å²) in [5.74, 6) is 2.49. The van der Waals surface area contributed by atoms with Gasteiger partial charge in [-0.25, -0.2) is 14.8 Å². The van der Waals surface area contributed by atoms with Crippen LogP contribution in [0.1, 0.15) is 56.5 Å². The topological polar surface area (TPSA) is 119 Å². The molecule has 3 aromatic rings. The Morgan fingerprint density at radius 1 is 1.38 bits per heavy atom. The van der Waals surface area contributed by atoms with E-state index in [0.717, 1.165) is 54.7 Å². The zero-order chi connectivity index (χ0) is 22.3. The third-order valence-electron chi connectivity index (χ3n) is 6.49. The number of nitrogens with one attached hydrogen (secondary N) is 3. The van der Waals surface area contributed by atoms with Crippen molar-refractivity contribution in [2.45, 2.75) is 63.2 Å². The number of aromatic nitrogens is 5. The number of carbonyl (C=O) groups excluding carboxylic acids is 1. The number of alkyl carbamates (subject to hydrolysis) is 1. The largest absolute Gasteiger partial charge is 0.446 e.